The van der Waals surface area contributed by atoms with Crippen molar-refractivity contribution in [1.29, 1.82) is 0 Å². The van der Waals surface area contributed by atoms with Crippen LogP contribution in [0.1, 0.15) is 12.5 Å². The third-order valence-electron chi connectivity index (χ3n) is 2.68. The van der Waals surface area contributed by atoms with E-state index in [-0.39, 0.29) is 23.8 Å². The lowest BCUT2D eigenvalue weighted by molar-refractivity contribution is -0.121. The summed E-state index contributed by atoms with van der Waals surface area (Å²) in [4.78, 5) is 11.8. The Balaban J connectivity index is 2.51. The van der Waals surface area contributed by atoms with Crippen LogP contribution in [-0.4, -0.2) is 35.2 Å². The maximum absolute atomic E-state index is 11.8. The fourth-order valence-corrected chi connectivity index (χ4v) is 2.51. The highest BCUT2D eigenvalue weighted by Gasteiger charge is 2.17. The highest BCUT2D eigenvalue weighted by atomic mass is 35.5. The molecule has 2 N–H and O–H groups in total. The van der Waals surface area contributed by atoms with Gasteiger partial charge in [-0.15, -0.1) is 0 Å². The summed E-state index contributed by atoms with van der Waals surface area (Å²) >= 11 is 7.40. The Morgan fingerprint density at radius 1 is 1.56 bits per heavy atom. The van der Waals surface area contributed by atoms with E-state index >= 15 is 0 Å². The van der Waals surface area contributed by atoms with E-state index in [2.05, 4.69) is 5.32 Å². The average Bonchev–Trinajstić information content (AvgIpc) is 2.30. The van der Waals surface area contributed by atoms with Gasteiger partial charge in [0.15, 0.2) is 0 Å². The van der Waals surface area contributed by atoms with Crippen LogP contribution in [0.15, 0.2) is 24.3 Å². The second kappa shape index (κ2) is 7.67. The molecule has 0 fully saturated rings. The zero-order valence-corrected chi connectivity index (χ0v) is 12.1. The van der Waals surface area contributed by atoms with Crippen LogP contribution in [0.25, 0.3) is 0 Å². The van der Waals surface area contributed by atoms with Crippen molar-refractivity contribution >= 4 is 29.3 Å². The number of hydrogen-bond donors (Lipinski definition) is 2. The second-order valence-corrected chi connectivity index (χ2v) is 5.63. The first-order valence-electron chi connectivity index (χ1n) is 5.74. The maximum Gasteiger partial charge on any atom is 0.224 e. The molecule has 1 aromatic carbocycles. The minimum Gasteiger partial charge on any atom is -0.395 e. The molecule has 2 atom stereocenters. The molecule has 0 aliphatic rings. The molecule has 0 bridgehead atoms. The largest absolute Gasteiger partial charge is 0.395 e. The molecule has 3 nitrogen and oxygen atoms in total. The van der Waals surface area contributed by atoms with Crippen LogP contribution in [0.2, 0.25) is 5.02 Å². The number of thioether (sulfide) groups is 1. The number of aliphatic hydroxyl groups excluding tert-OH is 1. The zero-order chi connectivity index (χ0) is 13.5. The number of carbonyl (C=O) groups excluding carboxylic acids is 1. The predicted octanol–water partition coefficient (Wildman–Crippen LogP) is 2.11. The summed E-state index contributed by atoms with van der Waals surface area (Å²) in [5.74, 6) is -0.0581. The Bertz CT molecular complexity index is 396. The van der Waals surface area contributed by atoms with Crippen LogP contribution in [0.4, 0.5) is 0 Å². The maximum atomic E-state index is 11.8. The summed E-state index contributed by atoms with van der Waals surface area (Å²) in [6.45, 7) is 1.95. The Kier molecular flexibility index (Phi) is 6.54. The van der Waals surface area contributed by atoms with Gasteiger partial charge in [0.25, 0.3) is 0 Å². The van der Waals surface area contributed by atoms with E-state index in [9.17, 15) is 4.79 Å². The fourth-order valence-electron chi connectivity index (χ4n) is 1.67. The fraction of sp³-hybridized carbons (Fsp3) is 0.462. The highest BCUT2D eigenvalue weighted by molar-refractivity contribution is 7.99. The molecule has 0 saturated carbocycles. The summed E-state index contributed by atoms with van der Waals surface area (Å²) in [5.41, 5.74) is 0.886. The molecule has 0 radical (unpaired) electrons. The highest BCUT2D eigenvalue weighted by Crippen LogP contribution is 2.12. The average molecular weight is 288 g/mol. The van der Waals surface area contributed by atoms with Gasteiger partial charge in [0, 0.05) is 16.3 Å². The van der Waals surface area contributed by atoms with Crippen LogP contribution >= 0.6 is 23.4 Å². The summed E-state index contributed by atoms with van der Waals surface area (Å²) in [6.07, 6.45) is 2.22. The lowest BCUT2D eigenvalue weighted by atomic mass is 10.1. The number of rotatable bonds is 6. The number of carbonyl (C=O) groups is 1. The molecule has 0 saturated heterocycles. The Labute approximate surface area is 117 Å². The molecule has 1 amide bonds. The van der Waals surface area contributed by atoms with Crippen molar-refractivity contribution in [2.24, 2.45) is 0 Å². The van der Waals surface area contributed by atoms with Crippen molar-refractivity contribution in [3.8, 4) is 0 Å². The van der Waals surface area contributed by atoms with Crippen LogP contribution in [-0.2, 0) is 11.2 Å². The first kappa shape index (κ1) is 15.3. The summed E-state index contributed by atoms with van der Waals surface area (Å²) in [6, 6.07) is 7.20. The zero-order valence-electron chi connectivity index (χ0n) is 10.5. The van der Waals surface area contributed by atoms with Crippen molar-refractivity contribution in [3.63, 3.8) is 0 Å². The summed E-state index contributed by atoms with van der Waals surface area (Å²) < 4.78 is 0. The number of hydrogen-bond acceptors (Lipinski definition) is 3. The molecule has 0 aromatic heterocycles. The smallest absolute Gasteiger partial charge is 0.224 e. The molecule has 1 rings (SSSR count). The molecule has 2 unspecified atom stereocenters. The molecule has 18 heavy (non-hydrogen) atoms. The van der Waals surface area contributed by atoms with Crippen molar-refractivity contribution in [2.75, 3.05) is 12.9 Å². The van der Waals surface area contributed by atoms with Gasteiger partial charge in [-0.2, -0.15) is 11.8 Å². The Hall–Kier alpha value is -0.710. The third kappa shape index (κ3) is 4.88. The molecule has 100 valence electrons. The van der Waals surface area contributed by atoms with Crippen LogP contribution in [0.5, 0.6) is 0 Å². The molecule has 0 spiro atoms. The van der Waals surface area contributed by atoms with Gasteiger partial charge in [-0.3, -0.25) is 4.79 Å². The molecular formula is C13H18ClNO2S. The molecule has 0 aliphatic heterocycles. The van der Waals surface area contributed by atoms with Gasteiger partial charge in [-0.1, -0.05) is 23.7 Å². The van der Waals surface area contributed by atoms with E-state index in [1.54, 1.807) is 23.9 Å². The van der Waals surface area contributed by atoms with Gasteiger partial charge in [0.1, 0.15) is 0 Å². The molecule has 0 aliphatic carbocycles. The molecular weight excluding hydrogens is 270 g/mol. The van der Waals surface area contributed by atoms with Gasteiger partial charge in [0.2, 0.25) is 5.91 Å². The normalized spacial score (nSPS) is 14.0. The monoisotopic (exact) mass is 287 g/mol. The minimum absolute atomic E-state index is 0.0216. The number of aliphatic hydroxyl groups is 1. The number of nitrogens with one attached hydrogen (secondary N) is 1. The van der Waals surface area contributed by atoms with E-state index in [1.165, 1.54) is 0 Å². The number of benzene rings is 1. The molecule has 0 heterocycles. The van der Waals surface area contributed by atoms with Crippen LogP contribution in [0.3, 0.4) is 0 Å². The topological polar surface area (TPSA) is 49.3 Å². The lowest BCUT2D eigenvalue weighted by Gasteiger charge is -2.21. The van der Waals surface area contributed by atoms with Crippen molar-refractivity contribution < 1.29 is 9.90 Å². The summed E-state index contributed by atoms with van der Waals surface area (Å²) in [7, 11) is 0. The predicted molar refractivity (Wildman–Crippen MR) is 77.1 cm³/mol. The first-order chi connectivity index (χ1) is 8.56. The SMILES string of the molecule is CSC(CO)C(C)NC(=O)Cc1cccc(Cl)c1. The van der Waals surface area contributed by atoms with E-state index in [4.69, 9.17) is 16.7 Å². The molecule has 5 heteroatoms. The van der Waals surface area contributed by atoms with Crippen molar-refractivity contribution in [3.05, 3.63) is 34.9 Å². The quantitative estimate of drug-likeness (QED) is 0.842. The lowest BCUT2D eigenvalue weighted by Crippen LogP contribution is -2.41. The second-order valence-electron chi connectivity index (χ2n) is 4.12. The van der Waals surface area contributed by atoms with E-state index < -0.39 is 0 Å². The third-order valence-corrected chi connectivity index (χ3v) is 4.08. The van der Waals surface area contributed by atoms with Gasteiger partial charge >= 0.3 is 0 Å². The van der Waals surface area contributed by atoms with Gasteiger partial charge in [-0.05, 0) is 30.9 Å². The van der Waals surface area contributed by atoms with E-state index in [1.807, 2.05) is 25.3 Å². The van der Waals surface area contributed by atoms with Gasteiger partial charge in [-0.25, -0.2) is 0 Å². The Morgan fingerprint density at radius 2 is 2.28 bits per heavy atom. The van der Waals surface area contributed by atoms with E-state index in [0.29, 0.717) is 11.4 Å². The van der Waals surface area contributed by atoms with Gasteiger partial charge < -0.3 is 10.4 Å². The summed E-state index contributed by atoms with van der Waals surface area (Å²) in [5, 5.41) is 12.7. The first-order valence-corrected chi connectivity index (χ1v) is 7.41. The van der Waals surface area contributed by atoms with Crippen LogP contribution < -0.4 is 5.32 Å². The minimum atomic E-state index is -0.0586. The van der Waals surface area contributed by atoms with Gasteiger partial charge in [0.05, 0.1) is 13.0 Å². The van der Waals surface area contributed by atoms with Crippen LogP contribution in [0, 0.1) is 0 Å². The standard InChI is InChI=1S/C13H18ClNO2S/c1-9(12(8-16)18-2)15-13(17)7-10-4-3-5-11(14)6-10/h3-6,9,12,16H,7-8H2,1-2H3,(H,15,17). The van der Waals surface area contributed by atoms with Crippen molar-refractivity contribution in [2.45, 2.75) is 24.6 Å². The number of halogens is 1. The molecule has 1 aromatic rings. The Morgan fingerprint density at radius 3 is 2.83 bits per heavy atom. The number of amides is 1. The van der Waals surface area contributed by atoms with E-state index in [0.717, 1.165) is 5.56 Å². The van der Waals surface area contributed by atoms with Crippen molar-refractivity contribution in [1.82, 2.24) is 5.32 Å².